The van der Waals surface area contributed by atoms with Crippen molar-refractivity contribution in [2.45, 2.75) is 18.6 Å². The zero-order valence-corrected chi connectivity index (χ0v) is 9.51. The number of aliphatic hydroxyl groups excluding tert-OH is 1. The molecule has 1 aromatic rings. The molecule has 1 aromatic heterocycles. The Morgan fingerprint density at radius 3 is 3.07 bits per heavy atom. The molecule has 15 heavy (non-hydrogen) atoms. The van der Waals surface area contributed by atoms with Crippen molar-refractivity contribution >= 4 is 11.8 Å². The molecular formula is C10H14N2O2S. The zero-order valence-electron chi connectivity index (χ0n) is 8.69. The van der Waals surface area contributed by atoms with Crippen LogP contribution in [-0.2, 0) is 18.6 Å². The number of rotatable bonds is 3. The molecule has 0 fully saturated rings. The fourth-order valence-electron chi connectivity index (χ4n) is 1.65. The van der Waals surface area contributed by atoms with E-state index in [0.29, 0.717) is 18.1 Å². The maximum absolute atomic E-state index is 8.86. The van der Waals surface area contributed by atoms with Crippen LogP contribution in [0.5, 0.6) is 5.88 Å². The van der Waals surface area contributed by atoms with Gasteiger partial charge in [0.05, 0.1) is 19.4 Å². The third-order valence-corrected chi connectivity index (χ3v) is 3.34. The van der Waals surface area contributed by atoms with E-state index >= 15 is 0 Å². The summed E-state index contributed by atoms with van der Waals surface area (Å²) in [6.07, 6.45) is 1.47. The minimum atomic E-state index is 0.0785. The highest BCUT2D eigenvalue weighted by Crippen LogP contribution is 2.28. The smallest absolute Gasteiger partial charge is 0.219 e. The maximum atomic E-state index is 8.86. The van der Waals surface area contributed by atoms with E-state index in [0.717, 1.165) is 29.2 Å². The highest BCUT2D eigenvalue weighted by molar-refractivity contribution is 7.98. The first-order valence-electron chi connectivity index (χ1n) is 4.96. The van der Waals surface area contributed by atoms with Crippen LogP contribution >= 0.6 is 11.8 Å². The number of hydrogen-bond acceptors (Lipinski definition) is 5. The number of aliphatic hydroxyl groups is 1. The first-order valence-corrected chi connectivity index (χ1v) is 6.12. The molecule has 0 aromatic carbocycles. The Hall–Kier alpha value is -0.810. The van der Waals surface area contributed by atoms with Gasteiger partial charge in [-0.2, -0.15) is 16.7 Å². The lowest BCUT2D eigenvalue weighted by Crippen LogP contribution is -2.12. The summed E-state index contributed by atoms with van der Waals surface area (Å²) in [5.74, 6) is 3.39. The number of methoxy groups -OCH3 is 1. The minimum Gasteiger partial charge on any atom is -0.481 e. The van der Waals surface area contributed by atoms with E-state index in [4.69, 9.17) is 9.84 Å². The number of hydrogen-bond donors (Lipinski definition) is 1. The van der Waals surface area contributed by atoms with E-state index in [9.17, 15) is 0 Å². The molecule has 1 N–H and O–H groups in total. The number of thioether (sulfide) groups is 1. The van der Waals surface area contributed by atoms with Crippen LogP contribution in [0.25, 0.3) is 0 Å². The Morgan fingerprint density at radius 1 is 1.47 bits per heavy atom. The Labute approximate surface area is 93.1 Å². The Kier molecular flexibility index (Phi) is 3.43. The van der Waals surface area contributed by atoms with Crippen LogP contribution in [0.4, 0.5) is 0 Å². The molecule has 0 amide bonds. The Bertz CT molecular complexity index is 340. The van der Waals surface area contributed by atoms with Crippen molar-refractivity contribution < 1.29 is 9.84 Å². The third kappa shape index (κ3) is 2.23. The molecule has 82 valence electrons. The van der Waals surface area contributed by atoms with Crippen LogP contribution in [0.2, 0.25) is 0 Å². The lowest BCUT2D eigenvalue weighted by atomic mass is 10.1. The highest BCUT2D eigenvalue weighted by Gasteiger charge is 2.18. The van der Waals surface area contributed by atoms with Gasteiger partial charge in [0.25, 0.3) is 0 Å². The van der Waals surface area contributed by atoms with E-state index in [-0.39, 0.29) is 6.61 Å². The molecule has 0 aliphatic carbocycles. The highest BCUT2D eigenvalue weighted by atomic mass is 32.2. The van der Waals surface area contributed by atoms with E-state index in [1.54, 1.807) is 7.11 Å². The molecule has 0 unspecified atom stereocenters. The van der Waals surface area contributed by atoms with Crippen LogP contribution < -0.4 is 4.74 Å². The molecule has 1 aliphatic rings. The summed E-state index contributed by atoms with van der Waals surface area (Å²) in [6.45, 7) is 0.0785. The molecule has 0 bridgehead atoms. The third-order valence-electron chi connectivity index (χ3n) is 2.37. The predicted molar refractivity (Wildman–Crippen MR) is 59.2 cm³/mol. The first kappa shape index (κ1) is 10.7. The molecule has 1 aliphatic heterocycles. The largest absolute Gasteiger partial charge is 0.481 e. The van der Waals surface area contributed by atoms with Gasteiger partial charge in [0.2, 0.25) is 5.88 Å². The second-order valence-corrected chi connectivity index (χ2v) is 4.46. The van der Waals surface area contributed by atoms with Gasteiger partial charge in [-0.05, 0) is 12.2 Å². The summed E-state index contributed by atoms with van der Waals surface area (Å²) in [7, 11) is 1.63. The van der Waals surface area contributed by atoms with Crippen LogP contribution in [0.3, 0.4) is 0 Å². The van der Waals surface area contributed by atoms with Crippen molar-refractivity contribution in [2.75, 3.05) is 19.5 Å². The van der Waals surface area contributed by atoms with Crippen LogP contribution in [0.1, 0.15) is 17.1 Å². The van der Waals surface area contributed by atoms with E-state index in [1.165, 1.54) is 0 Å². The van der Waals surface area contributed by atoms with E-state index < -0.39 is 0 Å². The maximum Gasteiger partial charge on any atom is 0.219 e. The first-order chi connectivity index (χ1) is 7.35. The molecule has 0 saturated heterocycles. The lowest BCUT2D eigenvalue weighted by Gasteiger charge is -2.17. The van der Waals surface area contributed by atoms with Crippen molar-refractivity contribution in [3.8, 4) is 5.88 Å². The normalized spacial score (nSPS) is 14.8. The van der Waals surface area contributed by atoms with E-state index in [2.05, 4.69) is 9.97 Å². The van der Waals surface area contributed by atoms with Crippen molar-refractivity contribution in [3.05, 3.63) is 17.1 Å². The standard InChI is InChI=1S/C10H14N2O2S/c1-14-10-7-3-5-15-6-8(7)11-9(12-10)2-4-13/h13H,2-6H2,1H3. The fourth-order valence-corrected chi connectivity index (χ4v) is 2.58. The second kappa shape index (κ2) is 4.81. The average molecular weight is 226 g/mol. The monoisotopic (exact) mass is 226 g/mol. The van der Waals surface area contributed by atoms with Gasteiger partial charge in [-0.25, -0.2) is 4.98 Å². The predicted octanol–water partition coefficient (Wildman–Crippen LogP) is 0.809. The van der Waals surface area contributed by atoms with Crippen LogP contribution in [0.15, 0.2) is 0 Å². The second-order valence-electron chi connectivity index (χ2n) is 3.35. The fraction of sp³-hybridized carbons (Fsp3) is 0.600. The van der Waals surface area contributed by atoms with Crippen molar-refractivity contribution in [1.29, 1.82) is 0 Å². The topological polar surface area (TPSA) is 55.2 Å². The van der Waals surface area contributed by atoms with Crippen LogP contribution in [-0.4, -0.2) is 34.5 Å². The quantitative estimate of drug-likeness (QED) is 0.826. The minimum absolute atomic E-state index is 0.0785. The molecule has 0 atom stereocenters. The van der Waals surface area contributed by atoms with Gasteiger partial charge in [-0.15, -0.1) is 0 Å². The molecule has 2 rings (SSSR count). The molecule has 4 nitrogen and oxygen atoms in total. The van der Waals surface area contributed by atoms with Gasteiger partial charge in [0.15, 0.2) is 0 Å². The molecule has 0 spiro atoms. The summed E-state index contributed by atoms with van der Waals surface area (Å²) < 4.78 is 5.26. The van der Waals surface area contributed by atoms with Crippen molar-refractivity contribution in [3.63, 3.8) is 0 Å². The SMILES string of the molecule is COc1nc(CCO)nc2c1CCSC2. The number of nitrogens with zero attached hydrogens (tertiary/aromatic N) is 2. The Balaban J connectivity index is 2.38. The summed E-state index contributed by atoms with van der Waals surface area (Å²) >= 11 is 1.88. The van der Waals surface area contributed by atoms with Crippen molar-refractivity contribution in [2.24, 2.45) is 0 Å². The molecule has 0 radical (unpaired) electrons. The lowest BCUT2D eigenvalue weighted by molar-refractivity contribution is 0.295. The zero-order chi connectivity index (χ0) is 10.7. The van der Waals surface area contributed by atoms with Gasteiger partial charge < -0.3 is 9.84 Å². The number of aromatic nitrogens is 2. The average Bonchev–Trinajstić information content (AvgIpc) is 2.28. The number of fused-ring (bicyclic) bond motifs is 1. The van der Waals surface area contributed by atoms with E-state index in [1.807, 2.05) is 11.8 Å². The summed E-state index contributed by atoms with van der Waals surface area (Å²) in [5.41, 5.74) is 2.21. The summed E-state index contributed by atoms with van der Waals surface area (Å²) in [6, 6.07) is 0. The summed E-state index contributed by atoms with van der Waals surface area (Å²) in [5, 5.41) is 8.86. The molecule has 5 heteroatoms. The van der Waals surface area contributed by atoms with Crippen LogP contribution in [0, 0.1) is 0 Å². The van der Waals surface area contributed by atoms with Gasteiger partial charge in [-0.3, -0.25) is 0 Å². The molecular weight excluding hydrogens is 212 g/mol. The van der Waals surface area contributed by atoms with Gasteiger partial charge in [0, 0.05) is 17.7 Å². The Morgan fingerprint density at radius 2 is 2.33 bits per heavy atom. The van der Waals surface area contributed by atoms with Gasteiger partial charge in [0.1, 0.15) is 5.82 Å². The number of ether oxygens (including phenoxy) is 1. The summed E-state index contributed by atoms with van der Waals surface area (Å²) in [4.78, 5) is 8.73. The van der Waals surface area contributed by atoms with Gasteiger partial charge in [-0.1, -0.05) is 0 Å². The molecule has 2 heterocycles. The molecule has 0 saturated carbocycles. The van der Waals surface area contributed by atoms with Gasteiger partial charge >= 0.3 is 0 Å². The van der Waals surface area contributed by atoms with Crippen molar-refractivity contribution in [1.82, 2.24) is 9.97 Å².